The summed E-state index contributed by atoms with van der Waals surface area (Å²) in [5.74, 6) is -0.692. The summed E-state index contributed by atoms with van der Waals surface area (Å²) in [6, 6.07) is 15.8. The van der Waals surface area contributed by atoms with E-state index >= 15 is 0 Å². The van der Waals surface area contributed by atoms with Gasteiger partial charge in [0.05, 0.1) is 12.5 Å². The fourth-order valence-electron chi connectivity index (χ4n) is 2.28. The molecule has 1 aromatic heterocycles. The maximum atomic E-state index is 12.1. The van der Waals surface area contributed by atoms with E-state index < -0.39 is 11.9 Å². The monoisotopic (exact) mass is 325 g/mol. The van der Waals surface area contributed by atoms with Gasteiger partial charge in [-0.1, -0.05) is 47.6 Å². The Labute approximate surface area is 136 Å². The van der Waals surface area contributed by atoms with Gasteiger partial charge >= 0.3 is 5.76 Å². The number of aromatic amines is 1. The zero-order chi connectivity index (χ0) is 16.9. The van der Waals surface area contributed by atoms with Crippen molar-refractivity contribution >= 4 is 11.6 Å². The molecule has 24 heavy (non-hydrogen) atoms. The largest absolute Gasteiger partial charge is 0.439 e. The molecule has 3 N–H and O–H groups in total. The zero-order valence-electron chi connectivity index (χ0n) is 12.6. The molecule has 0 fully saturated rings. The number of hydrogen-bond donors (Lipinski definition) is 3. The highest BCUT2D eigenvalue weighted by molar-refractivity contribution is 5.91. The van der Waals surface area contributed by atoms with Crippen LogP contribution >= 0.6 is 0 Å². The van der Waals surface area contributed by atoms with Gasteiger partial charge in [0.15, 0.2) is 5.82 Å². The number of H-pyrrole nitrogens is 1. The maximum absolute atomic E-state index is 12.1. The summed E-state index contributed by atoms with van der Waals surface area (Å²) in [5, 5.41) is 16.4. The first-order valence-electron chi connectivity index (χ1n) is 7.31. The molecule has 0 aliphatic carbocycles. The Kier molecular flexibility index (Phi) is 4.53. The van der Waals surface area contributed by atoms with Crippen molar-refractivity contribution in [2.45, 2.75) is 12.5 Å². The highest BCUT2D eigenvalue weighted by atomic mass is 16.5. The molecule has 0 aliphatic heterocycles. The van der Waals surface area contributed by atoms with E-state index in [9.17, 15) is 14.7 Å². The number of amides is 1. The van der Waals surface area contributed by atoms with Crippen LogP contribution in [0.5, 0.6) is 0 Å². The third-order valence-corrected chi connectivity index (χ3v) is 3.42. The molecule has 0 saturated carbocycles. The van der Waals surface area contributed by atoms with Gasteiger partial charge in [-0.05, 0) is 17.7 Å². The average Bonchev–Trinajstić information content (AvgIpc) is 3.02. The number of aliphatic hydroxyl groups excluding tert-OH is 1. The van der Waals surface area contributed by atoms with E-state index in [2.05, 4.69) is 20.0 Å². The Morgan fingerprint density at radius 2 is 2.00 bits per heavy atom. The van der Waals surface area contributed by atoms with Crippen LogP contribution in [0.25, 0.3) is 11.4 Å². The summed E-state index contributed by atoms with van der Waals surface area (Å²) in [4.78, 5) is 25.5. The molecular formula is C17H15N3O4. The molecule has 1 atom stereocenters. The fraction of sp³-hybridized carbons (Fsp3) is 0.118. The molecule has 1 heterocycles. The van der Waals surface area contributed by atoms with E-state index in [1.807, 2.05) is 6.07 Å². The number of nitrogens with zero attached hydrogens (tertiary/aromatic N) is 1. The first-order valence-corrected chi connectivity index (χ1v) is 7.31. The highest BCUT2D eigenvalue weighted by Gasteiger charge is 2.13. The van der Waals surface area contributed by atoms with Gasteiger partial charge < -0.3 is 10.4 Å². The van der Waals surface area contributed by atoms with Crippen molar-refractivity contribution in [1.29, 1.82) is 0 Å². The number of aliphatic hydroxyl groups is 1. The van der Waals surface area contributed by atoms with Crippen LogP contribution in [0.3, 0.4) is 0 Å². The molecule has 0 saturated heterocycles. The number of anilines is 1. The van der Waals surface area contributed by atoms with Crippen LogP contribution in [-0.2, 0) is 4.79 Å². The summed E-state index contributed by atoms with van der Waals surface area (Å²) in [6.07, 6.45) is -0.934. The van der Waals surface area contributed by atoms with Gasteiger partial charge in [0, 0.05) is 11.3 Å². The molecule has 0 aliphatic rings. The molecule has 2 aromatic carbocycles. The molecule has 3 rings (SSSR count). The minimum absolute atomic E-state index is 0.0605. The second-order valence-corrected chi connectivity index (χ2v) is 5.20. The highest BCUT2D eigenvalue weighted by Crippen LogP contribution is 2.20. The molecule has 7 nitrogen and oxygen atoms in total. The molecule has 1 amide bonds. The normalized spacial score (nSPS) is 11.9. The van der Waals surface area contributed by atoms with Crippen molar-refractivity contribution in [3.05, 3.63) is 70.7 Å². The van der Waals surface area contributed by atoms with Crippen LogP contribution in [0.2, 0.25) is 0 Å². The third-order valence-electron chi connectivity index (χ3n) is 3.42. The van der Waals surface area contributed by atoms with Crippen LogP contribution in [0, 0.1) is 0 Å². The fourth-order valence-corrected chi connectivity index (χ4v) is 2.28. The minimum Gasteiger partial charge on any atom is -0.388 e. The van der Waals surface area contributed by atoms with Crippen LogP contribution in [-0.4, -0.2) is 21.2 Å². The SMILES string of the molecule is O=C(CC(O)c1ccccc1)Nc1cccc(-c2noc(=O)[nH]2)c1. The van der Waals surface area contributed by atoms with Gasteiger partial charge in [0.25, 0.3) is 0 Å². The first-order chi connectivity index (χ1) is 11.6. The van der Waals surface area contributed by atoms with Crippen molar-refractivity contribution in [1.82, 2.24) is 10.1 Å². The number of rotatable bonds is 5. The van der Waals surface area contributed by atoms with E-state index in [-0.39, 0.29) is 18.2 Å². The smallest absolute Gasteiger partial charge is 0.388 e. The first kappa shape index (κ1) is 15.7. The predicted octanol–water partition coefficient (Wildman–Crippen LogP) is 2.09. The summed E-state index contributed by atoms with van der Waals surface area (Å²) >= 11 is 0. The molecule has 0 radical (unpaired) electrons. The van der Waals surface area contributed by atoms with Crippen molar-refractivity contribution < 1.29 is 14.4 Å². The lowest BCUT2D eigenvalue weighted by molar-refractivity contribution is -0.118. The van der Waals surface area contributed by atoms with Gasteiger partial charge in [-0.15, -0.1) is 0 Å². The van der Waals surface area contributed by atoms with Crippen molar-refractivity contribution in [2.75, 3.05) is 5.32 Å². The van der Waals surface area contributed by atoms with E-state index in [0.717, 1.165) is 0 Å². The molecule has 7 heteroatoms. The Morgan fingerprint density at radius 1 is 1.21 bits per heavy atom. The van der Waals surface area contributed by atoms with E-state index in [1.165, 1.54) is 0 Å². The Bertz CT molecular complexity index is 886. The number of carbonyl (C=O) groups excluding carboxylic acids is 1. The molecule has 0 spiro atoms. The van der Waals surface area contributed by atoms with Crippen molar-refractivity contribution in [2.24, 2.45) is 0 Å². The van der Waals surface area contributed by atoms with Gasteiger partial charge in [-0.3, -0.25) is 14.3 Å². The lowest BCUT2D eigenvalue weighted by Gasteiger charge is -2.11. The van der Waals surface area contributed by atoms with Crippen molar-refractivity contribution in [3.63, 3.8) is 0 Å². The van der Waals surface area contributed by atoms with E-state index in [0.29, 0.717) is 16.8 Å². The molecule has 1 unspecified atom stereocenters. The number of aromatic nitrogens is 2. The van der Waals surface area contributed by atoms with Gasteiger partial charge in [-0.25, -0.2) is 4.79 Å². The third kappa shape index (κ3) is 3.76. The summed E-state index contributed by atoms with van der Waals surface area (Å²) in [5.41, 5.74) is 1.81. The Morgan fingerprint density at radius 3 is 2.71 bits per heavy atom. The van der Waals surface area contributed by atoms with Gasteiger partial charge in [0.1, 0.15) is 0 Å². The molecule has 122 valence electrons. The van der Waals surface area contributed by atoms with Crippen molar-refractivity contribution in [3.8, 4) is 11.4 Å². The van der Waals surface area contributed by atoms with Crippen LogP contribution < -0.4 is 11.1 Å². The second-order valence-electron chi connectivity index (χ2n) is 5.20. The van der Waals surface area contributed by atoms with Crippen LogP contribution in [0.15, 0.2) is 63.9 Å². The number of benzene rings is 2. The average molecular weight is 325 g/mol. The van der Waals surface area contributed by atoms with Gasteiger partial charge in [-0.2, -0.15) is 0 Å². The molecule has 3 aromatic rings. The van der Waals surface area contributed by atoms with Crippen LogP contribution in [0.1, 0.15) is 18.1 Å². The minimum atomic E-state index is -0.874. The standard InChI is InChI=1S/C17H15N3O4/c21-14(11-5-2-1-3-6-11)10-15(22)18-13-8-4-7-12(9-13)16-19-17(23)24-20-16/h1-9,14,21H,10H2,(H,18,22)(H,19,20,23). The predicted molar refractivity (Wildman–Crippen MR) is 87.2 cm³/mol. The maximum Gasteiger partial charge on any atom is 0.439 e. The summed E-state index contributed by atoms with van der Waals surface area (Å²) < 4.78 is 4.46. The number of hydrogen-bond acceptors (Lipinski definition) is 5. The molecule has 0 bridgehead atoms. The summed E-state index contributed by atoms with van der Waals surface area (Å²) in [7, 11) is 0. The van der Waals surface area contributed by atoms with Crippen LogP contribution in [0.4, 0.5) is 5.69 Å². The van der Waals surface area contributed by atoms with E-state index in [1.54, 1.807) is 48.5 Å². The topological polar surface area (TPSA) is 108 Å². The quantitative estimate of drug-likeness (QED) is 0.665. The number of carbonyl (C=O) groups is 1. The number of nitrogens with one attached hydrogen (secondary N) is 2. The Balaban J connectivity index is 1.67. The lowest BCUT2D eigenvalue weighted by atomic mass is 10.1. The molecular weight excluding hydrogens is 310 g/mol. The summed E-state index contributed by atoms with van der Waals surface area (Å²) in [6.45, 7) is 0. The second kappa shape index (κ2) is 6.93. The lowest BCUT2D eigenvalue weighted by Crippen LogP contribution is -2.15. The Hall–Kier alpha value is -3.19. The zero-order valence-corrected chi connectivity index (χ0v) is 12.6. The van der Waals surface area contributed by atoms with E-state index in [4.69, 9.17) is 0 Å². The van der Waals surface area contributed by atoms with Gasteiger partial charge in [0.2, 0.25) is 5.91 Å².